The molecular formula is C59H113NO8P+. The molecule has 0 aliphatic carbocycles. The lowest BCUT2D eigenvalue weighted by Crippen LogP contribution is -2.37. The van der Waals surface area contributed by atoms with Crippen LogP contribution in [0.15, 0.2) is 36.5 Å². The number of quaternary nitrogens is 1. The third kappa shape index (κ3) is 55.4. The van der Waals surface area contributed by atoms with Crippen molar-refractivity contribution in [2.45, 2.75) is 283 Å². The van der Waals surface area contributed by atoms with Crippen LogP contribution in [0, 0.1) is 0 Å². The van der Waals surface area contributed by atoms with Crippen molar-refractivity contribution >= 4 is 19.8 Å². The first-order valence-electron chi connectivity index (χ1n) is 29.2. The van der Waals surface area contributed by atoms with E-state index >= 15 is 0 Å². The molecule has 2 unspecified atom stereocenters. The zero-order valence-electron chi connectivity index (χ0n) is 46.1. The maximum atomic E-state index is 12.8. The number of nitrogens with zero attached hydrogens (tertiary/aromatic N) is 1. The van der Waals surface area contributed by atoms with Gasteiger partial charge in [0.1, 0.15) is 19.8 Å². The molecule has 10 heteroatoms. The highest BCUT2D eigenvalue weighted by Gasteiger charge is 2.27. The summed E-state index contributed by atoms with van der Waals surface area (Å²) in [6.45, 7) is 4.45. The molecule has 0 aliphatic heterocycles. The molecule has 0 aromatic rings. The van der Waals surface area contributed by atoms with Crippen molar-refractivity contribution in [3.63, 3.8) is 0 Å². The summed E-state index contributed by atoms with van der Waals surface area (Å²) < 4.78 is 34.6. The van der Waals surface area contributed by atoms with Gasteiger partial charge < -0.3 is 18.9 Å². The van der Waals surface area contributed by atoms with Gasteiger partial charge in [0.05, 0.1) is 27.7 Å². The average Bonchev–Trinajstić information content (AvgIpc) is 3.31. The second-order valence-electron chi connectivity index (χ2n) is 21.0. The smallest absolute Gasteiger partial charge is 0.462 e. The van der Waals surface area contributed by atoms with E-state index in [0.717, 1.165) is 70.6 Å². The van der Waals surface area contributed by atoms with Crippen LogP contribution in [0.4, 0.5) is 0 Å². The number of hydrogen-bond acceptors (Lipinski definition) is 7. The Balaban J connectivity index is 4.16. The molecule has 0 radical (unpaired) electrons. The summed E-state index contributed by atoms with van der Waals surface area (Å²) in [5.74, 6) is -0.799. The highest BCUT2D eigenvalue weighted by Crippen LogP contribution is 2.43. The molecule has 0 fully saturated rings. The van der Waals surface area contributed by atoms with Crippen molar-refractivity contribution in [2.24, 2.45) is 0 Å². The Morgan fingerprint density at radius 2 is 0.783 bits per heavy atom. The normalized spacial score (nSPS) is 13.5. The lowest BCUT2D eigenvalue weighted by molar-refractivity contribution is -0.870. The van der Waals surface area contributed by atoms with E-state index in [9.17, 15) is 19.0 Å². The fraction of sp³-hybridized carbons (Fsp3) is 0.864. The van der Waals surface area contributed by atoms with E-state index in [0.29, 0.717) is 23.9 Å². The molecule has 0 spiro atoms. The van der Waals surface area contributed by atoms with Crippen molar-refractivity contribution in [1.29, 1.82) is 0 Å². The molecule has 0 saturated heterocycles. The Bertz CT molecular complexity index is 1260. The molecule has 0 saturated carbocycles. The Morgan fingerprint density at radius 3 is 1.16 bits per heavy atom. The first-order chi connectivity index (χ1) is 33.5. The number of ether oxygens (including phenoxy) is 2. The molecule has 0 aromatic carbocycles. The van der Waals surface area contributed by atoms with Gasteiger partial charge in [0.25, 0.3) is 0 Å². The molecule has 0 heterocycles. The van der Waals surface area contributed by atoms with Gasteiger partial charge in [-0.05, 0) is 51.4 Å². The highest BCUT2D eigenvalue weighted by molar-refractivity contribution is 7.47. The SMILES string of the molecule is CCCCCCC/C=C\C/C=C\C/C=C\CCCCCCCCC(=O)OC(COC(=O)CCCCCCCCCCCCCCCCCCCCCCCCCC)COP(=O)(O)OCC[N+](C)(C)C. The van der Waals surface area contributed by atoms with Crippen molar-refractivity contribution in [3.8, 4) is 0 Å². The van der Waals surface area contributed by atoms with E-state index in [-0.39, 0.29) is 25.6 Å². The molecular weight excluding hydrogens is 882 g/mol. The zero-order valence-corrected chi connectivity index (χ0v) is 47.0. The van der Waals surface area contributed by atoms with E-state index in [1.165, 1.54) is 173 Å². The lowest BCUT2D eigenvalue weighted by Gasteiger charge is -2.24. The van der Waals surface area contributed by atoms with Gasteiger partial charge in [0.15, 0.2) is 6.10 Å². The summed E-state index contributed by atoms with van der Waals surface area (Å²) in [4.78, 5) is 35.7. The van der Waals surface area contributed by atoms with Gasteiger partial charge in [-0.25, -0.2) is 4.57 Å². The number of phosphoric ester groups is 1. The number of esters is 2. The Kier molecular flexibility index (Phi) is 49.8. The van der Waals surface area contributed by atoms with Crippen LogP contribution in [-0.2, 0) is 32.7 Å². The topological polar surface area (TPSA) is 108 Å². The van der Waals surface area contributed by atoms with Gasteiger partial charge in [-0.15, -0.1) is 0 Å². The maximum Gasteiger partial charge on any atom is 0.472 e. The van der Waals surface area contributed by atoms with Crippen LogP contribution in [0.3, 0.4) is 0 Å². The number of unbranched alkanes of at least 4 members (excludes halogenated alkanes) is 34. The predicted octanol–water partition coefficient (Wildman–Crippen LogP) is 18.0. The van der Waals surface area contributed by atoms with E-state index in [2.05, 4.69) is 50.3 Å². The molecule has 2 atom stereocenters. The fourth-order valence-corrected chi connectivity index (χ4v) is 9.12. The number of likely N-dealkylation sites (N-methyl/N-ethyl adjacent to an activating group) is 1. The standard InChI is InChI=1S/C59H112NO8P/c1-6-8-10-12-14-16-18-20-22-24-26-28-29-30-32-33-35-37-39-41-43-45-47-49-51-58(61)65-55-57(56-67-69(63,64)66-54-53-60(3,4)5)68-59(62)52-50-48-46-44-42-40-38-36-34-31-27-25-23-21-19-17-15-13-11-9-7-2/h19,21,25,27,34,36,57H,6-18,20,22-24,26,28-33,35,37-56H2,1-5H3/p+1/b21-19-,27-25-,36-34-. The van der Waals surface area contributed by atoms with Crippen molar-refractivity contribution in [1.82, 2.24) is 0 Å². The number of carbonyl (C=O) groups excluding carboxylic acids is 2. The van der Waals surface area contributed by atoms with Crippen molar-refractivity contribution in [2.75, 3.05) is 47.5 Å². The molecule has 0 bridgehead atoms. The number of hydrogen-bond donors (Lipinski definition) is 1. The summed E-state index contributed by atoms with van der Waals surface area (Å²) in [5.41, 5.74) is 0. The van der Waals surface area contributed by atoms with Crippen molar-refractivity contribution in [3.05, 3.63) is 36.5 Å². The summed E-state index contributed by atoms with van der Waals surface area (Å²) >= 11 is 0. The first-order valence-corrected chi connectivity index (χ1v) is 30.7. The van der Waals surface area contributed by atoms with Gasteiger partial charge >= 0.3 is 19.8 Å². The number of allylic oxidation sites excluding steroid dienone is 6. The monoisotopic (exact) mass is 995 g/mol. The number of phosphoric acid groups is 1. The first kappa shape index (κ1) is 67.2. The predicted molar refractivity (Wildman–Crippen MR) is 294 cm³/mol. The van der Waals surface area contributed by atoms with E-state index in [1.807, 2.05) is 21.1 Å². The molecule has 0 aromatic heterocycles. The maximum absolute atomic E-state index is 12.8. The molecule has 0 amide bonds. The van der Waals surface area contributed by atoms with Crippen molar-refractivity contribution < 1.29 is 42.1 Å². The molecule has 69 heavy (non-hydrogen) atoms. The summed E-state index contributed by atoms with van der Waals surface area (Å²) in [5, 5.41) is 0. The molecule has 1 N–H and O–H groups in total. The second kappa shape index (κ2) is 51.1. The van der Waals surface area contributed by atoms with Crippen LogP contribution in [0.2, 0.25) is 0 Å². The minimum absolute atomic E-state index is 0.0300. The minimum Gasteiger partial charge on any atom is -0.462 e. The van der Waals surface area contributed by atoms with Crippen LogP contribution >= 0.6 is 7.82 Å². The summed E-state index contributed by atoms with van der Waals surface area (Å²) in [7, 11) is 1.48. The van der Waals surface area contributed by atoms with E-state index < -0.39 is 26.5 Å². The van der Waals surface area contributed by atoms with E-state index in [4.69, 9.17) is 18.5 Å². The fourth-order valence-electron chi connectivity index (χ4n) is 8.38. The Hall–Kier alpha value is -1.77. The third-order valence-corrected chi connectivity index (χ3v) is 13.9. The molecule has 0 aliphatic rings. The highest BCUT2D eigenvalue weighted by atomic mass is 31.2. The molecule has 9 nitrogen and oxygen atoms in total. The van der Waals surface area contributed by atoms with Crippen LogP contribution < -0.4 is 0 Å². The van der Waals surface area contributed by atoms with Gasteiger partial charge in [-0.3, -0.25) is 18.6 Å². The van der Waals surface area contributed by atoms with E-state index in [1.54, 1.807) is 0 Å². The van der Waals surface area contributed by atoms with Gasteiger partial charge in [0.2, 0.25) is 0 Å². The Morgan fingerprint density at radius 1 is 0.449 bits per heavy atom. The lowest BCUT2D eigenvalue weighted by atomic mass is 10.0. The van der Waals surface area contributed by atoms with Gasteiger partial charge in [0, 0.05) is 12.8 Å². The Labute approximate surface area is 427 Å². The summed E-state index contributed by atoms with van der Waals surface area (Å²) in [6.07, 6.45) is 62.1. The summed E-state index contributed by atoms with van der Waals surface area (Å²) in [6, 6.07) is 0. The van der Waals surface area contributed by atoms with Crippen LogP contribution in [-0.4, -0.2) is 74.9 Å². The zero-order chi connectivity index (χ0) is 50.6. The van der Waals surface area contributed by atoms with Crippen LogP contribution in [0.5, 0.6) is 0 Å². The quantitative estimate of drug-likeness (QED) is 0.0211. The second-order valence-corrected chi connectivity index (χ2v) is 22.5. The van der Waals surface area contributed by atoms with Gasteiger partial charge in [-0.1, -0.05) is 249 Å². The average molecular weight is 996 g/mol. The molecule has 406 valence electrons. The van der Waals surface area contributed by atoms with Crippen LogP contribution in [0.25, 0.3) is 0 Å². The van der Waals surface area contributed by atoms with Gasteiger partial charge in [-0.2, -0.15) is 0 Å². The third-order valence-electron chi connectivity index (χ3n) is 12.9. The molecule has 0 rings (SSSR count). The largest absolute Gasteiger partial charge is 0.472 e. The van der Waals surface area contributed by atoms with Crippen LogP contribution in [0.1, 0.15) is 277 Å². The minimum atomic E-state index is -4.39. The number of rotatable bonds is 54. The number of carbonyl (C=O) groups is 2.